The summed E-state index contributed by atoms with van der Waals surface area (Å²) in [7, 11) is 1.28. The predicted octanol–water partition coefficient (Wildman–Crippen LogP) is 3.25. The maximum Gasteiger partial charge on any atom is 0.573 e. The normalized spacial score (nSPS) is 11.3. The number of halogens is 5. The van der Waals surface area contributed by atoms with E-state index in [0.29, 0.717) is 0 Å². The van der Waals surface area contributed by atoms with Crippen LogP contribution in [0.3, 0.4) is 0 Å². The first kappa shape index (κ1) is 12.6. The van der Waals surface area contributed by atoms with Gasteiger partial charge in [-0.3, -0.25) is 0 Å². The Morgan fingerprint density at radius 3 is 2.53 bits per heavy atom. The Balaban J connectivity index is 3.11. The van der Waals surface area contributed by atoms with E-state index in [4.69, 9.17) is 16.3 Å². The molecule has 15 heavy (non-hydrogen) atoms. The summed E-state index contributed by atoms with van der Waals surface area (Å²) in [5, 5.41) is -0.0172. The lowest BCUT2D eigenvalue weighted by atomic mass is 10.4. The molecule has 0 radical (unpaired) electrons. The fourth-order valence-corrected chi connectivity index (χ4v) is 1.91. The monoisotopic (exact) mass is 353 g/mol. The van der Waals surface area contributed by atoms with Crippen LogP contribution in [-0.2, 0) is 0 Å². The first-order valence-corrected chi connectivity index (χ1v) is 4.94. The topological polar surface area (TPSA) is 31.4 Å². The van der Waals surface area contributed by atoms with E-state index in [9.17, 15) is 13.2 Å². The van der Waals surface area contributed by atoms with Crippen LogP contribution >= 0.6 is 34.2 Å². The first-order valence-electron chi connectivity index (χ1n) is 3.49. The van der Waals surface area contributed by atoms with Crippen molar-refractivity contribution in [3.05, 3.63) is 14.9 Å². The maximum absolute atomic E-state index is 11.9. The fraction of sp³-hybridized carbons (Fsp3) is 0.286. The van der Waals surface area contributed by atoms with Crippen molar-refractivity contribution in [2.75, 3.05) is 7.11 Å². The van der Waals surface area contributed by atoms with Crippen molar-refractivity contribution in [1.29, 1.82) is 0 Å². The summed E-state index contributed by atoms with van der Waals surface area (Å²) in [5.74, 6) is -0.386. The van der Waals surface area contributed by atoms with Crippen LogP contribution in [0.1, 0.15) is 0 Å². The molecule has 0 saturated carbocycles. The van der Waals surface area contributed by atoms with Crippen LogP contribution in [0, 0.1) is 3.57 Å². The van der Waals surface area contributed by atoms with Gasteiger partial charge in [0.2, 0.25) is 0 Å². The van der Waals surface area contributed by atoms with Crippen LogP contribution in [-0.4, -0.2) is 18.5 Å². The van der Waals surface area contributed by atoms with Crippen LogP contribution < -0.4 is 9.47 Å². The molecule has 3 nitrogen and oxygen atoms in total. The van der Waals surface area contributed by atoms with Gasteiger partial charge in [-0.2, -0.15) is 0 Å². The Labute approximate surface area is 102 Å². The van der Waals surface area contributed by atoms with E-state index in [1.54, 1.807) is 22.6 Å². The second-order valence-corrected chi connectivity index (χ2v) is 3.75. The highest BCUT2D eigenvalue weighted by Gasteiger charge is 2.33. The zero-order chi connectivity index (χ0) is 11.6. The fourth-order valence-electron chi connectivity index (χ4n) is 0.803. The maximum atomic E-state index is 11.9. The number of ether oxygens (including phenoxy) is 2. The molecule has 0 aromatic carbocycles. The zero-order valence-corrected chi connectivity index (χ0v) is 10.1. The number of hydrogen-bond donors (Lipinski definition) is 0. The number of hydrogen-bond acceptors (Lipinski definition) is 3. The van der Waals surface area contributed by atoms with Crippen molar-refractivity contribution < 1.29 is 22.6 Å². The molecule has 8 heteroatoms. The molecule has 84 valence electrons. The third-order valence-corrected chi connectivity index (χ3v) is 2.62. The first-order chi connectivity index (χ1) is 6.85. The molecule has 0 aliphatic carbocycles. The summed E-state index contributed by atoms with van der Waals surface area (Å²) in [5.41, 5.74) is 0. The lowest BCUT2D eigenvalue weighted by molar-refractivity contribution is -0.275. The highest BCUT2D eigenvalue weighted by molar-refractivity contribution is 14.1. The number of alkyl halides is 3. The van der Waals surface area contributed by atoms with Crippen molar-refractivity contribution in [3.8, 4) is 11.5 Å². The van der Waals surface area contributed by atoms with Gasteiger partial charge in [-0.15, -0.1) is 13.2 Å². The van der Waals surface area contributed by atoms with Crippen molar-refractivity contribution in [1.82, 2.24) is 4.98 Å². The van der Waals surface area contributed by atoms with Crippen molar-refractivity contribution in [2.45, 2.75) is 6.36 Å². The SMILES string of the molecule is COc1c(Cl)ncc(OC(F)(F)F)c1I. The minimum Gasteiger partial charge on any atom is -0.492 e. The van der Waals surface area contributed by atoms with Gasteiger partial charge in [0.25, 0.3) is 0 Å². The number of aromatic nitrogens is 1. The highest BCUT2D eigenvalue weighted by Crippen LogP contribution is 2.36. The van der Waals surface area contributed by atoms with Gasteiger partial charge >= 0.3 is 6.36 Å². The molecule has 1 aromatic rings. The number of rotatable bonds is 2. The molecule has 0 fully saturated rings. The van der Waals surface area contributed by atoms with Crippen molar-refractivity contribution in [3.63, 3.8) is 0 Å². The molecule has 0 unspecified atom stereocenters. The van der Waals surface area contributed by atoms with E-state index in [1.165, 1.54) is 7.11 Å². The second-order valence-electron chi connectivity index (χ2n) is 2.31. The summed E-state index contributed by atoms with van der Waals surface area (Å²) in [6.07, 6.45) is -3.87. The average Bonchev–Trinajstić information content (AvgIpc) is 2.09. The molecule has 1 aromatic heterocycles. The lowest BCUT2D eigenvalue weighted by Crippen LogP contribution is -2.18. The summed E-state index contributed by atoms with van der Waals surface area (Å²) in [6.45, 7) is 0. The van der Waals surface area contributed by atoms with E-state index in [0.717, 1.165) is 6.20 Å². The van der Waals surface area contributed by atoms with Crippen LogP contribution in [0.25, 0.3) is 0 Å². The number of pyridine rings is 1. The van der Waals surface area contributed by atoms with Gasteiger partial charge in [0.15, 0.2) is 16.7 Å². The van der Waals surface area contributed by atoms with Gasteiger partial charge in [0.05, 0.1) is 13.3 Å². The van der Waals surface area contributed by atoms with Gasteiger partial charge in [-0.25, -0.2) is 4.98 Å². The number of nitrogens with zero attached hydrogens (tertiary/aromatic N) is 1. The molecule has 0 amide bonds. The molecule has 0 N–H and O–H groups in total. The van der Waals surface area contributed by atoms with Gasteiger partial charge < -0.3 is 9.47 Å². The Kier molecular flexibility index (Phi) is 3.87. The van der Waals surface area contributed by atoms with E-state index in [1.807, 2.05) is 0 Å². The molecule has 0 aliphatic rings. The smallest absolute Gasteiger partial charge is 0.492 e. The average molecular weight is 353 g/mol. The van der Waals surface area contributed by atoms with E-state index >= 15 is 0 Å². The third-order valence-electron chi connectivity index (χ3n) is 1.33. The zero-order valence-electron chi connectivity index (χ0n) is 7.23. The molecular weight excluding hydrogens is 349 g/mol. The second kappa shape index (κ2) is 4.60. The van der Waals surface area contributed by atoms with E-state index in [-0.39, 0.29) is 14.5 Å². The molecule has 0 aliphatic heterocycles. The minimum absolute atomic E-state index is 0.0172. The Morgan fingerprint density at radius 1 is 1.47 bits per heavy atom. The van der Waals surface area contributed by atoms with Gasteiger partial charge in [0, 0.05) is 0 Å². The Bertz CT molecular complexity index is 372. The van der Waals surface area contributed by atoms with Gasteiger partial charge in [-0.05, 0) is 22.6 Å². The quantitative estimate of drug-likeness (QED) is 0.604. The molecule has 1 heterocycles. The van der Waals surface area contributed by atoms with E-state index < -0.39 is 12.1 Å². The molecule has 0 saturated heterocycles. The summed E-state index contributed by atoms with van der Waals surface area (Å²) >= 11 is 7.23. The molecule has 0 bridgehead atoms. The molecule has 1 rings (SSSR count). The largest absolute Gasteiger partial charge is 0.573 e. The Hall–Kier alpha value is -0.440. The van der Waals surface area contributed by atoms with Gasteiger partial charge in [-0.1, -0.05) is 11.6 Å². The summed E-state index contributed by atoms with van der Waals surface area (Å²) in [6, 6.07) is 0. The lowest BCUT2D eigenvalue weighted by Gasteiger charge is -2.12. The Morgan fingerprint density at radius 2 is 2.07 bits per heavy atom. The van der Waals surface area contributed by atoms with Crippen LogP contribution in [0.2, 0.25) is 5.15 Å². The third kappa shape index (κ3) is 3.26. The summed E-state index contributed by atoms with van der Waals surface area (Å²) in [4.78, 5) is 3.51. The molecular formula is C7H4ClF3INO2. The standard InChI is InChI=1S/C7H4ClF3INO2/c1-14-5-4(12)3(2-13-6(5)8)15-7(9,10)11/h2H,1H3. The highest BCUT2D eigenvalue weighted by atomic mass is 127. The van der Waals surface area contributed by atoms with Crippen molar-refractivity contribution >= 4 is 34.2 Å². The van der Waals surface area contributed by atoms with Crippen LogP contribution in [0.5, 0.6) is 11.5 Å². The predicted molar refractivity (Wildman–Crippen MR) is 55.2 cm³/mol. The van der Waals surface area contributed by atoms with E-state index in [2.05, 4.69) is 9.72 Å². The van der Waals surface area contributed by atoms with Gasteiger partial charge in [0.1, 0.15) is 3.57 Å². The minimum atomic E-state index is -4.76. The van der Waals surface area contributed by atoms with Crippen LogP contribution in [0.15, 0.2) is 6.20 Å². The van der Waals surface area contributed by atoms with Crippen LogP contribution in [0.4, 0.5) is 13.2 Å². The number of methoxy groups -OCH3 is 1. The molecule has 0 spiro atoms. The molecule has 0 atom stereocenters. The van der Waals surface area contributed by atoms with Crippen molar-refractivity contribution in [2.24, 2.45) is 0 Å². The summed E-state index contributed by atoms with van der Waals surface area (Å²) < 4.78 is 44.4.